The number of unbranched alkanes of at least 4 members (excludes halogenated alkanes) is 1. The largest absolute Gasteiger partial charge is 0.380 e. The van der Waals surface area contributed by atoms with Crippen LogP contribution in [0, 0.1) is 0 Å². The summed E-state index contributed by atoms with van der Waals surface area (Å²) in [6, 6.07) is 0.712. The zero-order chi connectivity index (χ0) is 12.8. The highest BCUT2D eigenvalue weighted by molar-refractivity contribution is 7.89. The zero-order valence-corrected chi connectivity index (χ0v) is 11.8. The number of nitrogens with one attached hydrogen (secondary N) is 1. The molecule has 1 heterocycles. The molecule has 1 N–H and O–H groups in total. The average Bonchev–Trinajstić information content (AvgIpc) is 3.15. The van der Waals surface area contributed by atoms with E-state index in [1.807, 2.05) is 0 Å². The second-order valence-electron chi connectivity index (χ2n) is 5.12. The van der Waals surface area contributed by atoms with Gasteiger partial charge in [-0.3, -0.25) is 0 Å². The predicted octanol–water partition coefficient (Wildman–Crippen LogP) is 0.571. The summed E-state index contributed by atoms with van der Waals surface area (Å²) in [4.78, 5) is 0. The Hall–Kier alpha value is -0.170. The molecule has 106 valence electrons. The molecule has 0 unspecified atom stereocenters. The highest BCUT2D eigenvalue weighted by Crippen LogP contribution is 2.18. The van der Waals surface area contributed by atoms with E-state index in [0.29, 0.717) is 32.3 Å². The van der Waals surface area contributed by atoms with Gasteiger partial charge in [0, 0.05) is 25.7 Å². The molecule has 2 fully saturated rings. The van der Waals surface area contributed by atoms with E-state index in [1.165, 1.54) is 12.8 Å². The van der Waals surface area contributed by atoms with Crippen molar-refractivity contribution >= 4 is 10.0 Å². The van der Waals surface area contributed by atoms with Crippen LogP contribution in [-0.2, 0) is 14.8 Å². The smallest absolute Gasteiger partial charge is 0.214 e. The summed E-state index contributed by atoms with van der Waals surface area (Å²) < 4.78 is 31.1. The summed E-state index contributed by atoms with van der Waals surface area (Å²) in [5.74, 6) is 0.277. The first-order valence-corrected chi connectivity index (χ1v) is 8.58. The molecule has 0 atom stereocenters. The van der Waals surface area contributed by atoms with Gasteiger partial charge in [0.1, 0.15) is 0 Å². The molecule has 0 amide bonds. The number of rotatable bonds is 7. The molecule has 1 aliphatic carbocycles. The summed E-state index contributed by atoms with van der Waals surface area (Å²) in [6.07, 6.45) is 5.07. The van der Waals surface area contributed by atoms with Crippen molar-refractivity contribution in [3.8, 4) is 0 Å². The van der Waals surface area contributed by atoms with Crippen LogP contribution in [0.5, 0.6) is 0 Å². The second kappa shape index (κ2) is 6.84. The van der Waals surface area contributed by atoms with Crippen LogP contribution in [-0.4, -0.2) is 57.4 Å². The third-order valence-corrected chi connectivity index (χ3v) is 5.37. The van der Waals surface area contributed by atoms with Gasteiger partial charge in [0.05, 0.1) is 12.4 Å². The highest BCUT2D eigenvalue weighted by Gasteiger charge is 2.23. The average molecular weight is 276 g/mol. The number of ether oxygens (including phenoxy) is 1. The summed E-state index contributed by atoms with van der Waals surface area (Å²) in [6.45, 7) is 3.29. The van der Waals surface area contributed by atoms with E-state index in [2.05, 4.69) is 5.32 Å². The van der Waals surface area contributed by atoms with Crippen molar-refractivity contribution in [3.63, 3.8) is 0 Å². The van der Waals surface area contributed by atoms with E-state index in [0.717, 1.165) is 25.8 Å². The van der Waals surface area contributed by atoms with Crippen LogP contribution in [0.25, 0.3) is 0 Å². The first-order valence-electron chi connectivity index (χ1n) is 6.97. The van der Waals surface area contributed by atoms with E-state index in [1.54, 1.807) is 4.31 Å². The summed E-state index contributed by atoms with van der Waals surface area (Å²) in [7, 11) is -3.07. The van der Waals surface area contributed by atoms with Gasteiger partial charge < -0.3 is 10.1 Å². The third-order valence-electron chi connectivity index (χ3n) is 3.41. The van der Waals surface area contributed by atoms with Crippen molar-refractivity contribution in [2.24, 2.45) is 0 Å². The summed E-state index contributed by atoms with van der Waals surface area (Å²) in [5.41, 5.74) is 0. The molecule has 0 aromatic rings. The monoisotopic (exact) mass is 276 g/mol. The van der Waals surface area contributed by atoms with E-state index in [4.69, 9.17) is 4.74 Å². The van der Waals surface area contributed by atoms with Crippen LogP contribution in [0.1, 0.15) is 32.1 Å². The van der Waals surface area contributed by atoms with Crippen LogP contribution < -0.4 is 5.32 Å². The number of hydrogen-bond acceptors (Lipinski definition) is 4. The van der Waals surface area contributed by atoms with Crippen molar-refractivity contribution in [3.05, 3.63) is 0 Å². The minimum absolute atomic E-state index is 0.277. The normalized spacial score (nSPS) is 22.9. The summed E-state index contributed by atoms with van der Waals surface area (Å²) in [5, 5.41) is 3.40. The van der Waals surface area contributed by atoms with E-state index in [-0.39, 0.29) is 5.75 Å². The van der Waals surface area contributed by atoms with Crippen molar-refractivity contribution in [2.75, 3.05) is 38.6 Å². The first-order chi connectivity index (χ1) is 8.68. The van der Waals surface area contributed by atoms with Gasteiger partial charge in [0.15, 0.2) is 0 Å². The van der Waals surface area contributed by atoms with Crippen molar-refractivity contribution in [1.29, 1.82) is 0 Å². The topological polar surface area (TPSA) is 58.6 Å². The highest BCUT2D eigenvalue weighted by atomic mass is 32.2. The molecule has 0 bridgehead atoms. The molecule has 1 aliphatic heterocycles. The molecule has 18 heavy (non-hydrogen) atoms. The lowest BCUT2D eigenvalue weighted by molar-refractivity contribution is 0.148. The fraction of sp³-hybridized carbons (Fsp3) is 1.00. The minimum Gasteiger partial charge on any atom is -0.380 e. The molecule has 0 aromatic heterocycles. The summed E-state index contributed by atoms with van der Waals surface area (Å²) >= 11 is 0. The molecule has 2 aliphatic rings. The lowest BCUT2D eigenvalue weighted by Gasteiger charge is -2.19. The Bertz CT molecular complexity index is 333. The van der Waals surface area contributed by atoms with Crippen molar-refractivity contribution in [1.82, 2.24) is 9.62 Å². The Labute approximate surface area is 110 Å². The second-order valence-corrected chi connectivity index (χ2v) is 7.20. The lowest BCUT2D eigenvalue weighted by Crippen LogP contribution is -2.35. The van der Waals surface area contributed by atoms with Crippen LogP contribution in [0.3, 0.4) is 0 Å². The Morgan fingerprint density at radius 3 is 2.78 bits per heavy atom. The van der Waals surface area contributed by atoms with Crippen LogP contribution >= 0.6 is 0 Å². The molecule has 0 radical (unpaired) electrons. The zero-order valence-electron chi connectivity index (χ0n) is 10.9. The third kappa shape index (κ3) is 4.84. The lowest BCUT2D eigenvalue weighted by atomic mass is 10.3. The number of hydrogen-bond donors (Lipinski definition) is 1. The fourth-order valence-corrected chi connectivity index (χ4v) is 3.72. The maximum Gasteiger partial charge on any atom is 0.214 e. The molecule has 2 rings (SSSR count). The fourth-order valence-electron chi connectivity index (χ4n) is 2.13. The van der Waals surface area contributed by atoms with Gasteiger partial charge in [0.2, 0.25) is 10.0 Å². The first kappa shape index (κ1) is 14.2. The molecule has 0 spiro atoms. The van der Waals surface area contributed by atoms with Gasteiger partial charge in [-0.05, 0) is 38.6 Å². The molecular formula is C12H24N2O3S. The van der Waals surface area contributed by atoms with Crippen LogP contribution in [0.2, 0.25) is 0 Å². The SMILES string of the molecule is O=S(=O)(CCCCNC1CC1)N1CCCOCC1. The van der Waals surface area contributed by atoms with Gasteiger partial charge in [-0.15, -0.1) is 0 Å². The Morgan fingerprint density at radius 1 is 1.17 bits per heavy atom. The molecule has 0 aromatic carbocycles. The Morgan fingerprint density at radius 2 is 2.00 bits per heavy atom. The standard InChI is InChI=1S/C12H24N2O3S/c15-18(16,14-7-3-9-17-10-8-14)11-2-1-6-13-12-4-5-12/h12-13H,1-11H2. The molecule has 5 nitrogen and oxygen atoms in total. The van der Waals surface area contributed by atoms with E-state index < -0.39 is 10.0 Å². The maximum atomic E-state index is 12.1. The van der Waals surface area contributed by atoms with E-state index >= 15 is 0 Å². The Kier molecular flexibility index (Phi) is 5.41. The number of sulfonamides is 1. The maximum absolute atomic E-state index is 12.1. The van der Waals surface area contributed by atoms with E-state index in [9.17, 15) is 8.42 Å². The van der Waals surface area contributed by atoms with Crippen LogP contribution in [0.15, 0.2) is 0 Å². The molecule has 1 saturated heterocycles. The van der Waals surface area contributed by atoms with Crippen LogP contribution in [0.4, 0.5) is 0 Å². The van der Waals surface area contributed by atoms with Crippen molar-refractivity contribution < 1.29 is 13.2 Å². The van der Waals surface area contributed by atoms with Gasteiger partial charge >= 0.3 is 0 Å². The molecule has 1 saturated carbocycles. The number of nitrogens with zero attached hydrogens (tertiary/aromatic N) is 1. The van der Waals surface area contributed by atoms with Crippen molar-refractivity contribution in [2.45, 2.75) is 38.1 Å². The van der Waals surface area contributed by atoms with Gasteiger partial charge in [-0.2, -0.15) is 4.31 Å². The van der Waals surface area contributed by atoms with Gasteiger partial charge in [-0.1, -0.05) is 0 Å². The van der Waals surface area contributed by atoms with Gasteiger partial charge in [0.25, 0.3) is 0 Å². The predicted molar refractivity (Wildman–Crippen MR) is 71.1 cm³/mol. The molecule has 6 heteroatoms. The quantitative estimate of drug-likeness (QED) is 0.691. The minimum atomic E-state index is -3.07. The van der Waals surface area contributed by atoms with Gasteiger partial charge in [-0.25, -0.2) is 8.42 Å². The molecular weight excluding hydrogens is 252 g/mol. The Balaban J connectivity index is 1.64.